The number of carbonyl (C=O) groups is 2. The molecule has 7 heteroatoms. The van der Waals surface area contributed by atoms with Crippen LogP contribution < -0.4 is 0 Å². The summed E-state index contributed by atoms with van der Waals surface area (Å²) in [5, 5.41) is 3.45. The number of unbranched alkanes of at least 4 members (excludes halogenated alkanes) is 2. The molecule has 1 fully saturated rings. The van der Waals surface area contributed by atoms with Crippen LogP contribution >= 0.6 is 0 Å². The molecule has 1 aliphatic heterocycles. The minimum Gasteiger partial charge on any atom is -0.447 e. The normalized spacial score (nSPS) is 16.8. The zero-order chi connectivity index (χ0) is 16.5. The number of amides is 2. The highest BCUT2D eigenvalue weighted by Crippen LogP contribution is 2.19. The average Bonchev–Trinajstić information content (AvgIpc) is 2.92. The Kier molecular flexibility index (Phi) is 6.44. The second-order valence-corrected chi connectivity index (χ2v) is 5.45. The van der Waals surface area contributed by atoms with Gasteiger partial charge >= 0.3 is 6.09 Å². The zero-order valence-corrected chi connectivity index (χ0v) is 12.9. The van der Waals surface area contributed by atoms with Crippen LogP contribution in [0.5, 0.6) is 0 Å². The average molecular weight is 316 g/mol. The van der Waals surface area contributed by atoms with E-state index in [2.05, 4.69) is 10.0 Å². The molecule has 2 amide bonds. The number of nitrogens with zero attached hydrogens (tertiary/aromatic N) is 4. The quantitative estimate of drug-likeness (QED) is 0.318. The van der Waals surface area contributed by atoms with E-state index in [9.17, 15) is 9.59 Å². The maximum atomic E-state index is 12.3. The molecule has 0 aromatic heterocycles. The van der Waals surface area contributed by atoms with Crippen LogP contribution in [0.4, 0.5) is 4.79 Å². The standard InChI is InChI=1S/C16H20N4O3/c17-19-18-10-6-2-5-9-15(21)20-14(12-23-16(20)22)11-13-7-3-1-4-8-13/h1,3-4,7-8,14H,2,5-6,9-12H2/t14-/m0/s1. The van der Waals surface area contributed by atoms with Gasteiger partial charge in [0.15, 0.2) is 0 Å². The van der Waals surface area contributed by atoms with Crippen LogP contribution in [-0.2, 0) is 16.0 Å². The molecule has 1 aromatic rings. The SMILES string of the molecule is [N-]=[N+]=NCCCCCC(=O)N1C(=O)OC[C@@H]1Cc1ccccc1. The Morgan fingerprint density at radius 1 is 1.30 bits per heavy atom. The molecular weight excluding hydrogens is 296 g/mol. The Bertz CT molecular complexity index is 584. The lowest BCUT2D eigenvalue weighted by Crippen LogP contribution is -2.40. The van der Waals surface area contributed by atoms with Crippen molar-refractivity contribution in [3.8, 4) is 0 Å². The van der Waals surface area contributed by atoms with Crippen molar-refractivity contribution in [3.05, 3.63) is 46.3 Å². The van der Waals surface area contributed by atoms with Crippen molar-refractivity contribution in [1.82, 2.24) is 4.90 Å². The number of carbonyl (C=O) groups excluding carboxylic acids is 2. The highest BCUT2D eigenvalue weighted by Gasteiger charge is 2.37. The lowest BCUT2D eigenvalue weighted by Gasteiger charge is -2.19. The summed E-state index contributed by atoms with van der Waals surface area (Å²) in [6, 6.07) is 9.51. The van der Waals surface area contributed by atoms with E-state index in [4.69, 9.17) is 10.3 Å². The molecule has 0 radical (unpaired) electrons. The van der Waals surface area contributed by atoms with Crippen molar-refractivity contribution in [2.24, 2.45) is 5.11 Å². The monoisotopic (exact) mass is 316 g/mol. The lowest BCUT2D eigenvalue weighted by atomic mass is 10.1. The summed E-state index contributed by atoms with van der Waals surface area (Å²) in [6.07, 6.45) is 2.56. The van der Waals surface area contributed by atoms with Crippen LogP contribution in [0.25, 0.3) is 10.4 Å². The third-order valence-electron chi connectivity index (χ3n) is 3.76. The van der Waals surface area contributed by atoms with Crippen molar-refractivity contribution < 1.29 is 14.3 Å². The first-order chi connectivity index (χ1) is 11.2. The Labute approximate surface area is 134 Å². The van der Waals surface area contributed by atoms with Crippen molar-refractivity contribution in [3.63, 3.8) is 0 Å². The fourth-order valence-corrected chi connectivity index (χ4v) is 2.60. The first-order valence-electron chi connectivity index (χ1n) is 7.76. The number of cyclic esters (lactones) is 1. The molecule has 122 valence electrons. The van der Waals surface area contributed by atoms with E-state index < -0.39 is 6.09 Å². The van der Waals surface area contributed by atoms with Gasteiger partial charge in [-0.05, 0) is 30.4 Å². The van der Waals surface area contributed by atoms with Gasteiger partial charge < -0.3 is 4.74 Å². The Morgan fingerprint density at radius 2 is 2.09 bits per heavy atom. The fraction of sp³-hybridized carbons (Fsp3) is 0.500. The maximum Gasteiger partial charge on any atom is 0.416 e. The molecule has 0 N–H and O–H groups in total. The molecule has 23 heavy (non-hydrogen) atoms. The third kappa shape index (κ3) is 5.00. The van der Waals surface area contributed by atoms with Gasteiger partial charge in [0.1, 0.15) is 6.61 Å². The highest BCUT2D eigenvalue weighted by atomic mass is 16.6. The molecule has 1 heterocycles. The van der Waals surface area contributed by atoms with E-state index in [1.807, 2.05) is 30.3 Å². The number of rotatable bonds is 8. The van der Waals surface area contributed by atoms with E-state index >= 15 is 0 Å². The molecule has 0 spiro atoms. The van der Waals surface area contributed by atoms with Gasteiger partial charge in [-0.2, -0.15) is 0 Å². The Balaban J connectivity index is 1.83. The van der Waals surface area contributed by atoms with E-state index in [1.54, 1.807) is 0 Å². The topological polar surface area (TPSA) is 95.4 Å². The third-order valence-corrected chi connectivity index (χ3v) is 3.76. The van der Waals surface area contributed by atoms with Gasteiger partial charge in [0.25, 0.3) is 0 Å². The van der Waals surface area contributed by atoms with E-state index in [0.29, 0.717) is 25.8 Å². The lowest BCUT2D eigenvalue weighted by molar-refractivity contribution is -0.129. The number of ether oxygens (including phenoxy) is 1. The van der Waals surface area contributed by atoms with E-state index in [-0.39, 0.29) is 18.6 Å². The zero-order valence-electron chi connectivity index (χ0n) is 12.9. The maximum absolute atomic E-state index is 12.3. The van der Waals surface area contributed by atoms with Gasteiger partial charge in [0.05, 0.1) is 6.04 Å². The minimum absolute atomic E-state index is 0.197. The Hall–Kier alpha value is -2.53. The van der Waals surface area contributed by atoms with E-state index in [0.717, 1.165) is 18.4 Å². The molecule has 0 aliphatic carbocycles. The Morgan fingerprint density at radius 3 is 2.83 bits per heavy atom. The van der Waals surface area contributed by atoms with Gasteiger partial charge in [-0.15, -0.1) is 0 Å². The van der Waals surface area contributed by atoms with Crippen LogP contribution in [-0.4, -0.2) is 36.1 Å². The van der Waals surface area contributed by atoms with Gasteiger partial charge in [-0.3, -0.25) is 4.79 Å². The van der Waals surface area contributed by atoms with Crippen molar-refractivity contribution >= 4 is 12.0 Å². The van der Waals surface area contributed by atoms with Crippen molar-refractivity contribution in [1.29, 1.82) is 0 Å². The molecule has 1 saturated heterocycles. The van der Waals surface area contributed by atoms with Crippen molar-refractivity contribution in [2.75, 3.05) is 13.2 Å². The molecule has 1 aromatic carbocycles. The van der Waals surface area contributed by atoms with Gasteiger partial charge in [-0.25, -0.2) is 9.69 Å². The van der Waals surface area contributed by atoms with Crippen LogP contribution in [0.3, 0.4) is 0 Å². The number of hydrogen-bond acceptors (Lipinski definition) is 4. The fourth-order valence-electron chi connectivity index (χ4n) is 2.60. The largest absolute Gasteiger partial charge is 0.447 e. The summed E-state index contributed by atoms with van der Waals surface area (Å²) in [6.45, 7) is 0.684. The van der Waals surface area contributed by atoms with Crippen molar-refractivity contribution in [2.45, 2.75) is 38.1 Å². The predicted molar refractivity (Wildman–Crippen MR) is 84.6 cm³/mol. The first-order valence-corrected chi connectivity index (χ1v) is 7.76. The molecule has 7 nitrogen and oxygen atoms in total. The molecule has 0 saturated carbocycles. The van der Waals surface area contributed by atoms with Gasteiger partial charge in [-0.1, -0.05) is 41.9 Å². The van der Waals surface area contributed by atoms with Gasteiger partial charge in [0, 0.05) is 17.9 Å². The number of imide groups is 1. The van der Waals surface area contributed by atoms with Crippen LogP contribution in [0.15, 0.2) is 35.4 Å². The van der Waals surface area contributed by atoms with E-state index in [1.165, 1.54) is 4.90 Å². The second-order valence-electron chi connectivity index (χ2n) is 5.45. The summed E-state index contributed by atoms with van der Waals surface area (Å²) < 4.78 is 5.04. The summed E-state index contributed by atoms with van der Waals surface area (Å²) >= 11 is 0. The summed E-state index contributed by atoms with van der Waals surface area (Å²) in [5.41, 5.74) is 9.25. The molecular formula is C16H20N4O3. The molecule has 1 aliphatic rings. The van der Waals surface area contributed by atoms with Crippen LogP contribution in [0.1, 0.15) is 31.2 Å². The summed E-state index contributed by atoms with van der Waals surface area (Å²) in [7, 11) is 0. The molecule has 2 rings (SSSR count). The number of hydrogen-bond donors (Lipinski definition) is 0. The summed E-state index contributed by atoms with van der Waals surface area (Å²) in [4.78, 5) is 28.0. The first kappa shape index (κ1) is 16.8. The highest BCUT2D eigenvalue weighted by molar-refractivity contribution is 5.93. The predicted octanol–water partition coefficient (Wildman–Crippen LogP) is 3.45. The molecule has 0 bridgehead atoms. The minimum atomic E-state index is -0.551. The smallest absolute Gasteiger partial charge is 0.416 e. The number of azide groups is 1. The number of benzene rings is 1. The molecule has 0 unspecified atom stereocenters. The summed E-state index contributed by atoms with van der Waals surface area (Å²) in [5.74, 6) is -0.197. The van der Waals surface area contributed by atoms with Crippen LogP contribution in [0, 0.1) is 0 Å². The van der Waals surface area contributed by atoms with Gasteiger partial charge in [0.2, 0.25) is 5.91 Å². The van der Waals surface area contributed by atoms with Crippen LogP contribution in [0.2, 0.25) is 0 Å². The second kappa shape index (κ2) is 8.80. The molecule has 1 atom stereocenters.